The van der Waals surface area contributed by atoms with Gasteiger partial charge in [0.15, 0.2) is 0 Å². The number of alkyl carbamates (subject to hydrolysis) is 2. The van der Waals surface area contributed by atoms with E-state index in [0.29, 0.717) is 13.1 Å². The lowest BCUT2D eigenvalue weighted by Crippen LogP contribution is -2.51. The maximum Gasteiger partial charge on any atom is 0.407 e. The molecule has 0 aliphatic carbocycles. The van der Waals surface area contributed by atoms with Crippen LogP contribution in [0.15, 0.2) is 48.5 Å². The molecule has 6 aromatic rings. The molecule has 0 saturated carbocycles. The molecular weight excluding hydrogens is 729 g/mol. The van der Waals surface area contributed by atoms with E-state index in [0.717, 1.165) is 97.1 Å². The van der Waals surface area contributed by atoms with E-state index in [1.54, 1.807) is 11.3 Å². The second-order valence-electron chi connectivity index (χ2n) is 15.5. The van der Waals surface area contributed by atoms with Gasteiger partial charge in [0.1, 0.15) is 17.7 Å². The third kappa shape index (κ3) is 7.77. The van der Waals surface area contributed by atoms with Crippen LogP contribution in [0, 0.1) is 11.8 Å². The number of fused-ring (bicyclic) bond motifs is 6. The second kappa shape index (κ2) is 16.5. The lowest BCUT2D eigenvalue weighted by Gasteiger charge is -2.29. The van der Waals surface area contributed by atoms with Gasteiger partial charge in [-0.2, -0.15) is 0 Å². The third-order valence-corrected chi connectivity index (χ3v) is 12.4. The number of nitrogens with one attached hydrogen (secondary N) is 4. The highest BCUT2D eigenvalue weighted by Crippen LogP contribution is 2.41. The van der Waals surface area contributed by atoms with Crippen LogP contribution in [0.3, 0.4) is 0 Å². The summed E-state index contributed by atoms with van der Waals surface area (Å²) in [4.78, 5) is 58.2. The number of ether oxygens (including phenoxy) is 2. The van der Waals surface area contributed by atoms with Crippen LogP contribution in [0.25, 0.3) is 53.4 Å². The van der Waals surface area contributed by atoms with Gasteiger partial charge in [-0.3, -0.25) is 4.79 Å². The van der Waals surface area contributed by atoms with Gasteiger partial charge >= 0.3 is 12.2 Å². The molecule has 4 atom stereocenters. The molecule has 3 aromatic heterocycles. The molecule has 6 N–H and O–H groups in total. The van der Waals surface area contributed by atoms with Crippen LogP contribution in [0.2, 0.25) is 0 Å². The van der Waals surface area contributed by atoms with Crippen molar-refractivity contribution in [3.05, 3.63) is 60.2 Å². The standard InChI is InChI=1S/C42H52N8O5S/c1-22(2)31(46-41(52)54-5)20-27(9-7-17-43)38-44-29-15-12-24-19-25(11-14-28(24)35(29)47-38)33-21-26-13-16-30-36(37(26)56-33)48-39(45-30)32-10-8-18-50(32)40(51)34(23(3)4)49-42(53)55-6/h11-16,19,21-23,27,31-32,34H,7-10,17-18,20,43H2,1-6H3,(H,44,47)(H,45,48)(H,46,52)(H,49,53)/t27?,31-,32+,34+/m1/s1. The maximum absolute atomic E-state index is 13.7. The molecule has 296 valence electrons. The number of carbonyl (C=O) groups is 3. The van der Waals surface area contributed by atoms with Crippen molar-refractivity contribution in [3.63, 3.8) is 0 Å². The Morgan fingerprint density at radius 3 is 2.36 bits per heavy atom. The van der Waals surface area contributed by atoms with Crippen molar-refractivity contribution in [2.75, 3.05) is 27.3 Å². The predicted octanol–water partition coefficient (Wildman–Crippen LogP) is 8.11. The smallest absolute Gasteiger partial charge is 0.407 e. The molecule has 56 heavy (non-hydrogen) atoms. The van der Waals surface area contributed by atoms with Gasteiger partial charge in [0, 0.05) is 28.8 Å². The van der Waals surface area contributed by atoms with E-state index in [2.05, 4.69) is 76.9 Å². The molecule has 3 amide bonds. The van der Waals surface area contributed by atoms with Crippen LogP contribution in [-0.2, 0) is 14.3 Å². The average molecular weight is 781 g/mol. The SMILES string of the molecule is COC(=O)N[C@H](C(=O)N1CCC[C@H]1c1nc2ccc3cc(-c4ccc5c(ccc6nc(C(CCCN)C[C@@H](NC(=O)OC)C(C)C)[nH]c65)c4)sc3c2[nH]1)C(C)C. The first-order valence-electron chi connectivity index (χ1n) is 19.5. The number of thiophene rings is 1. The van der Waals surface area contributed by atoms with E-state index in [1.807, 2.05) is 24.8 Å². The fraction of sp³-hybridized carbons (Fsp3) is 0.452. The summed E-state index contributed by atoms with van der Waals surface area (Å²) >= 11 is 1.72. The van der Waals surface area contributed by atoms with Crippen LogP contribution in [0.4, 0.5) is 9.59 Å². The summed E-state index contributed by atoms with van der Waals surface area (Å²) in [5.41, 5.74) is 10.8. The van der Waals surface area contributed by atoms with Gasteiger partial charge < -0.3 is 40.7 Å². The number of benzene rings is 3. The summed E-state index contributed by atoms with van der Waals surface area (Å²) in [6.45, 7) is 9.21. The molecule has 3 aromatic carbocycles. The van der Waals surface area contributed by atoms with E-state index >= 15 is 0 Å². The minimum absolute atomic E-state index is 0.0745. The quantitative estimate of drug-likeness (QED) is 0.0780. The number of amides is 3. The van der Waals surface area contributed by atoms with E-state index in [1.165, 1.54) is 14.2 Å². The molecule has 0 bridgehead atoms. The first-order valence-corrected chi connectivity index (χ1v) is 20.4. The van der Waals surface area contributed by atoms with Gasteiger partial charge in [0.05, 0.1) is 47.0 Å². The van der Waals surface area contributed by atoms with E-state index in [-0.39, 0.29) is 35.7 Å². The number of rotatable bonds is 13. The van der Waals surface area contributed by atoms with Gasteiger partial charge in [-0.25, -0.2) is 19.6 Å². The number of imidazole rings is 2. The molecule has 1 aliphatic rings. The number of aromatic amines is 2. The number of hydrogen-bond donors (Lipinski definition) is 5. The monoisotopic (exact) mass is 780 g/mol. The van der Waals surface area contributed by atoms with Crippen molar-refractivity contribution in [2.24, 2.45) is 17.6 Å². The number of likely N-dealkylation sites (tertiary alicyclic amines) is 1. The number of carbonyl (C=O) groups excluding carboxylic acids is 3. The maximum atomic E-state index is 13.7. The molecule has 14 heteroatoms. The van der Waals surface area contributed by atoms with Crippen molar-refractivity contribution in [2.45, 2.75) is 83.8 Å². The van der Waals surface area contributed by atoms with Crippen molar-refractivity contribution >= 4 is 72.4 Å². The van der Waals surface area contributed by atoms with Crippen LogP contribution in [0.5, 0.6) is 0 Å². The molecule has 1 unspecified atom stereocenters. The third-order valence-electron chi connectivity index (χ3n) is 11.2. The van der Waals surface area contributed by atoms with Crippen LogP contribution < -0.4 is 16.4 Å². The Balaban J connectivity index is 1.17. The van der Waals surface area contributed by atoms with Crippen LogP contribution in [0.1, 0.15) is 83.4 Å². The van der Waals surface area contributed by atoms with Crippen molar-refractivity contribution < 1.29 is 23.9 Å². The van der Waals surface area contributed by atoms with E-state index < -0.39 is 18.2 Å². The molecule has 13 nitrogen and oxygen atoms in total. The first kappa shape index (κ1) is 39.0. The second-order valence-corrected chi connectivity index (χ2v) is 16.6. The zero-order valence-electron chi connectivity index (χ0n) is 32.9. The van der Waals surface area contributed by atoms with Crippen LogP contribution >= 0.6 is 11.3 Å². The summed E-state index contributed by atoms with van der Waals surface area (Å²) < 4.78 is 10.8. The Bertz CT molecular complexity index is 2380. The van der Waals surface area contributed by atoms with Crippen molar-refractivity contribution in [1.82, 2.24) is 35.5 Å². The zero-order chi connectivity index (χ0) is 39.7. The molecule has 4 heterocycles. The van der Waals surface area contributed by atoms with Crippen LogP contribution in [-0.4, -0.2) is 82.3 Å². The van der Waals surface area contributed by atoms with Gasteiger partial charge in [0.25, 0.3) is 0 Å². The largest absolute Gasteiger partial charge is 0.453 e. The molecule has 0 spiro atoms. The van der Waals surface area contributed by atoms with Crippen molar-refractivity contribution in [3.8, 4) is 10.4 Å². The van der Waals surface area contributed by atoms with E-state index in [9.17, 15) is 14.4 Å². The highest BCUT2D eigenvalue weighted by Gasteiger charge is 2.37. The Morgan fingerprint density at radius 2 is 1.64 bits per heavy atom. The lowest BCUT2D eigenvalue weighted by molar-refractivity contribution is -0.135. The number of nitrogens with zero attached hydrogens (tertiary/aromatic N) is 3. The van der Waals surface area contributed by atoms with Gasteiger partial charge in [-0.15, -0.1) is 11.3 Å². The normalized spacial score (nSPS) is 16.3. The number of nitrogens with two attached hydrogens (primary N) is 1. The minimum atomic E-state index is -0.690. The average Bonchev–Trinajstić information content (AvgIpc) is 4.01. The fourth-order valence-corrected chi connectivity index (χ4v) is 9.16. The number of aromatic nitrogens is 4. The van der Waals surface area contributed by atoms with Gasteiger partial charge in [-0.05, 0) is 91.1 Å². The van der Waals surface area contributed by atoms with Crippen molar-refractivity contribution in [1.29, 1.82) is 0 Å². The Labute approximate surface area is 330 Å². The fourth-order valence-electron chi connectivity index (χ4n) is 8.01. The summed E-state index contributed by atoms with van der Waals surface area (Å²) in [6.07, 6.45) is 3.01. The molecule has 1 aliphatic heterocycles. The van der Waals surface area contributed by atoms with E-state index in [4.69, 9.17) is 25.2 Å². The lowest BCUT2D eigenvalue weighted by atomic mass is 9.89. The Hall–Kier alpha value is -5.21. The summed E-state index contributed by atoms with van der Waals surface area (Å²) in [5, 5.41) is 9.06. The molecular formula is C42H52N8O5S. The number of methoxy groups -OCH3 is 2. The summed E-state index contributed by atoms with van der Waals surface area (Å²) in [7, 11) is 2.69. The molecule has 7 rings (SSSR count). The van der Waals surface area contributed by atoms with Gasteiger partial charge in [0.2, 0.25) is 5.91 Å². The zero-order valence-corrected chi connectivity index (χ0v) is 33.7. The number of hydrogen-bond acceptors (Lipinski definition) is 9. The Kier molecular flexibility index (Phi) is 11.5. The highest BCUT2D eigenvalue weighted by atomic mass is 32.1. The topological polar surface area (TPSA) is 180 Å². The first-order chi connectivity index (χ1) is 27.0. The predicted molar refractivity (Wildman–Crippen MR) is 222 cm³/mol. The minimum Gasteiger partial charge on any atom is -0.453 e. The summed E-state index contributed by atoms with van der Waals surface area (Å²) in [6, 6.07) is 16.1. The molecule has 1 fully saturated rings. The number of H-pyrrole nitrogens is 2. The van der Waals surface area contributed by atoms with Gasteiger partial charge in [-0.1, -0.05) is 52.0 Å². The summed E-state index contributed by atoms with van der Waals surface area (Å²) in [5.74, 6) is 1.72. The highest BCUT2D eigenvalue weighted by molar-refractivity contribution is 7.23. The molecule has 0 radical (unpaired) electrons. The Morgan fingerprint density at radius 1 is 0.911 bits per heavy atom. The molecule has 1 saturated heterocycles.